The summed E-state index contributed by atoms with van der Waals surface area (Å²) in [5.74, 6) is -1.99. The number of fused-ring (bicyclic) bond motifs is 1. The van der Waals surface area contributed by atoms with Gasteiger partial charge < -0.3 is 4.74 Å². The van der Waals surface area contributed by atoms with E-state index in [-0.39, 0.29) is 12.1 Å². The van der Waals surface area contributed by atoms with Crippen molar-refractivity contribution in [1.29, 1.82) is 0 Å². The lowest BCUT2D eigenvalue weighted by atomic mass is 10.1. The van der Waals surface area contributed by atoms with Crippen molar-refractivity contribution >= 4 is 34.9 Å². The predicted molar refractivity (Wildman–Crippen MR) is 60.2 cm³/mol. The topological polar surface area (TPSA) is 63.7 Å². The van der Waals surface area contributed by atoms with Gasteiger partial charge >= 0.3 is 5.97 Å². The first-order chi connectivity index (χ1) is 8.04. The third-order valence-corrected chi connectivity index (χ3v) is 2.68. The third-order valence-electron chi connectivity index (χ3n) is 2.45. The van der Waals surface area contributed by atoms with E-state index in [4.69, 9.17) is 11.6 Å². The smallest absolute Gasteiger partial charge is 0.325 e. The Labute approximate surface area is 102 Å². The molecule has 17 heavy (non-hydrogen) atoms. The summed E-state index contributed by atoms with van der Waals surface area (Å²) in [6.07, 6.45) is 0. The van der Waals surface area contributed by atoms with E-state index in [2.05, 4.69) is 4.74 Å². The Kier molecular flexibility index (Phi) is 2.85. The van der Waals surface area contributed by atoms with Crippen molar-refractivity contribution in [3.05, 3.63) is 28.8 Å². The van der Waals surface area contributed by atoms with Crippen molar-refractivity contribution in [3.63, 3.8) is 0 Å². The third kappa shape index (κ3) is 1.89. The second kappa shape index (κ2) is 4.18. The van der Waals surface area contributed by atoms with Crippen LogP contribution in [0.15, 0.2) is 18.2 Å². The van der Waals surface area contributed by atoms with Crippen LogP contribution in [0.25, 0.3) is 0 Å². The Balaban J connectivity index is 2.41. The summed E-state index contributed by atoms with van der Waals surface area (Å²) in [4.78, 5) is 35.5. The molecule has 5 nitrogen and oxygen atoms in total. The van der Waals surface area contributed by atoms with Gasteiger partial charge in [0.25, 0.3) is 11.7 Å². The minimum Gasteiger partial charge on any atom is -0.468 e. The summed E-state index contributed by atoms with van der Waals surface area (Å²) in [6, 6.07) is 4.49. The van der Waals surface area contributed by atoms with Gasteiger partial charge in [-0.05, 0) is 18.2 Å². The van der Waals surface area contributed by atoms with Crippen LogP contribution in [0.5, 0.6) is 0 Å². The molecule has 1 heterocycles. The Morgan fingerprint density at radius 3 is 2.76 bits per heavy atom. The molecule has 0 saturated carbocycles. The van der Waals surface area contributed by atoms with E-state index in [1.165, 1.54) is 19.2 Å². The van der Waals surface area contributed by atoms with Crippen molar-refractivity contribution in [3.8, 4) is 0 Å². The molecule has 1 aromatic rings. The Hall–Kier alpha value is -1.88. The first-order valence-corrected chi connectivity index (χ1v) is 5.15. The van der Waals surface area contributed by atoms with Gasteiger partial charge in [0.1, 0.15) is 6.54 Å². The highest BCUT2D eigenvalue weighted by Crippen LogP contribution is 2.30. The minimum absolute atomic E-state index is 0.214. The number of Topliss-reactive ketones (excluding diaryl/α,β-unsaturated/α-hetero) is 1. The van der Waals surface area contributed by atoms with Crippen molar-refractivity contribution in [2.45, 2.75) is 0 Å². The number of nitrogens with zero attached hydrogens (tertiary/aromatic N) is 1. The quantitative estimate of drug-likeness (QED) is 0.584. The number of methoxy groups -OCH3 is 1. The molecule has 0 radical (unpaired) electrons. The van der Waals surface area contributed by atoms with Crippen molar-refractivity contribution in [2.75, 3.05) is 18.6 Å². The van der Waals surface area contributed by atoms with Crippen LogP contribution in [0.3, 0.4) is 0 Å². The van der Waals surface area contributed by atoms with Crippen LogP contribution in [0.2, 0.25) is 5.02 Å². The molecule has 0 fully saturated rings. The van der Waals surface area contributed by atoms with Crippen LogP contribution < -0.4 is 4.90 Å². The Bertz CT molecular complexity index is 526. The van der Waals surface area contributed by atoms with Gasteiger partial charge in [-0.3, -0.25) is 19.3 Å². The van der Waals surface area contributed by atoms with Gasteiger partial charge in [-0.1, -0.05) is 11.6 Å². The minimum atomic E-state index is -0.743. The molecule has 0 atom stereocenters. The number of anilines is 1. The van der Waals surface area contributed by atoms with Gasteiger partial charge in [0.15, 0.2) is 0 Å². The molecule has 88 valence electrons. The molecular weight excluding hydrogens is 246 g/mol. The Morgan fingerprint density at radius 2 is 2.12 bits per heavy atom. The molecule has 1 aromatic carbocycles. The van der Waals surface area contributed by atoms with Crippen molar-refractivity contribution < 1.29 is 19.1 Å². The molecule has 0 unspecified atom stereocenters. The summed E-state index contributed by atoms with van der Waals surface area (Å²) >= 11 is 5.74. The second-order valence-electron chi connectivity index (χ2n) is 3.46. The maximum Gasteiger partial charge on any atom is 0.325 e. The monoisotopic (exact) mass is 253 g/mol. The number of amides is 1. The zero-order valence-electron chi connectivity index (χ0n) is 8.90. The maximum atomic E-state index is 11.7. The zero-order valence-corrected chi connectivity index (χ0v) is 9.65. The molecule has 0 aromatic heterocycles. The van der Waals surface area contributed by atoms with Gasteiger partial charge in [0, 0.05) is 5.02 Å². The molecule has 0 bridgehead atoms. The number of benzene rings is 1. The van der Waals surface area contributed by atoms with Gasteiger partial charge in [-0.15, -0.1) is 0 Å². The fraction of sp³-hybridized carbons (Fsp3) is 0.182. The number of ketones is 1. The van der Waals surface area contributed by atoms with Gasteiger partial charge in [-0.25, -0.2) is 0 Å². The van der Waals surface area contributed by atoms with Crippen LogP contribution in [0.1, 0.15) is 10.4 Å². The number of carbonyl (C=O) groups is 3. The number of hydrogen-bond acceptors (Lipinski definition) is 4. The summed E-state index contributed by atoms with van der Waals surface area (Å²) < 4.78 is 4.46. The first kappa shape index (κ1) is 11.6. The van der Waals surface area contributed by atoms with Gasteiger partial charge in [-0.2, -0.15) is 0 Å². The average molecular weight is 254 g/mol. The van der Waals surface area contributed by atoms with E-state index in [1.54, 1.807) is 6.07 Å². The summed E-state index contributed by atoms with van der Waals surface area (Å²) in [7, 11) is 1.22. The highest BCUT2D eigenvalue weighted by Gasteiger charge is 2.37. The summed E-state index contributed by atoms with van der Waals surface area (Å²) in [6.45, 7) is -0.282. The number of halogens is 1. The molecule has 2 rings (SSSR count). The number of esters is 1. The molecule has 1 aliphatic rings. The highest BCUT2D eigenvalue weighted by atomic mass is 35.5. The average Bonchev–Trinajstić information content (AvgIpc) is 2.54. The molecule has 0 spiro atoms. The lowest BCUT2D eigenvalue weighted by Crippen LogP contribution is -2.35. The normalized spacial score (nSPS) is 13.9. The standard InChI is InChI=1S/C11H8ClNO4/c1-17-9(14)5-13-8-3-2-6(12)4-7(8)10(15)11(13)16/h2-4H,5H2,1H3. The fourth-order valence-corrected chi connectivity index (χ4v) is 1.80. The largest absolute Gasteiger partial charge is 0.468 e. The molecule has 6 heteroatoms. The van der Waals surface area contributed by atoms with E-state index >= 15 is 0 Å². The van der Waals surface area contributed by atoms with Crippen molar-refractivity contribution in [2.24, 2.45) is 0 Å². The number of hydrogen-bond donors (Lipinski definition) is 0. The van der Waals surface area contributed by atoms with Crippen LogP contribution in [-0.4, -0.2) is 31.3 Å². The first-order valence-electron chi connectivity index (χ1n) is 4.77. The molecule has 1 aliphatic heterocycles. The molecule has 0 saturated heterocycles. The predicted octanol–water partition coefficient (Wildman–Crippen LogP) is 1.04. The van der Waals surface area contributed by atoms with Crippen LogP contribution >= 0.6 is 11.6 Å². The lowest BCUT2D eigenvalue weighted by molar-refractivity contribution is -0.139. The Morgan fingerprint density at radius 1 is 1.41 bits per heavy atom. The van der Waals surface area contributed by atoms with Crippen LogP contribution in [0.4, 0.5) is 5.69 Å². The summed E-state index contributed by atoms with van der Waals surface area (Å²) in [5, 5.41) is 0.366. The number of ether oxygens (including phenoxy) is 1. The van der Waals surface area contributed by atoms with Crippen LogP contribution in [0, 0.1) is 0 Å². The lowest BCUT2D eigenvalue weighted by Gasteiger charge is -2.14. The van der Waals surface area contributed by atoms with E-state index in [0.29, 0.717) is 10.7 Å². The van der Waals surface area contributed by atoms with E-state index in [1.807, 2.05) is 0 Å². The van der Waals surface area contributed by atoms with Gasteiger partial charge in [0.05, 0.1) is 18.4 Å². The zero-order chi connectivity index (χ0) is 12.6. The van der Waals surface area contributed by atoms with E-state index < -0.39 is 17.7 Å². The fourth-order valence-electron chi connectivity index (χ4n) is 1.62. The summed E-state index contributed by atoms with van der Waals surface area (Å²) in [5.41, 5.74) is 0.598. The van der Waals surface area contributed by atoms with Crippen LogP contribution in [-0.2, 0) is 14.3 Å². The maximum absolute atomic E-state index is 11.7. The molecule has 0 aliphatic carbocycles. The highest BCUT2D eigenvalue weighted by molar-refractivity contribution is 6.53. The number of carbonyl (C=O) groups excluding carboxylic acids is 3. The molecular formula is C11H8ClNO4. The van der Waals surface area contributed by atoms with E-state index in [9.17, 15) is 14.4 Å². The number of rotatable bonds is 2. The van der Waals surface area contributed by atoms with Gasteiger partial charge in [0.2, 0.25) is 0 Å². The second-order valence-corrected chi connectivity index (χ2v) is 3.89. The molecule has 0 N–H and O–H groups in total. The molecule has 1 amide bonds. The SMILES string of the molecule is COC(=O)CN1C(=O)C(=O)c2cc(Cl)ccc21. The van der Waals surface area contributed by atoms with Crippen molar-refractivity contribution in [1.82, 2.24) is 0 Å². The van der Waals surface area contributed by atoms with E-state index in [0.717, 1.165) is 4.90 Å².